The molecule has 1 N–H and O–H groups in total. The second-order valence-electron chi connectivity index (χ2n) is 3.83. The molecule has 0 saturated heterocycles. The second kappa shape index (κ2) is 2.95. The van der Waals surface area contributed by atoms with Gasteiger partial charge in [-0.25, -0.2) is 4.98 Å². The number of nitrogens with zero attached hydrogens (tertiary/aromatic N) is 1. The van der Waals surface area contributed by atoms with E-state index in [2.05, 4.69) is 4.98 Å². The predicted molar refractivity (Wildman–Crippen MR) is 57.9 cm³/mol. The number of hydrogen-bond acceptors (Lipinski definition) is 3. The first-order valence-corrected chi connectivity index (χ1v) is 5.74. The third kappa shape index (κ3) is 1.20. The summed E-state index contributed by atoms with van der Waals surface area (Å²) in [5, 5.41) is 10.6. The molecular formula is C11H11NOS. The fraction of sp³-hybridized carbons (Fsp3) is 0.364. The first kappa shape index (κ1) is 8.24. The fourth-order valence-corrected chi connectivity index (χ4v) is 2.88. The average Bonchev–Trinajstić information content (AvgIpc) is 2.43. The van der Waals surface area contributed by atoms with Crippen LogP contribution in [0, 0.1) is 0 Å². The van der Waals surface area contributed by atoms with Crippen molar-refractivity contribution in [1.82, 2.24) is 4.98 Å². The SMILES string of the molecule is Oc1ccc2sc(C3CCC3)nc2c1. The van der Waals surface area contributed by atoms with Crippen molar-refractivity contribution in [3.05, 3.63) is 23.2 Å². The molecule has 2 aromatic rings. The number of phenols is 1. The number of aromatic hydroxyl groups is 1. The first-order valence-electron chi connectivity index (χ1n) is 4.92. The standard InChI is InChI=1S/C11H11NOS/c13-8-4-5-10-9(6-8)12-11(14-10)7-2-1-3-7/h4-7,13H,1-3H2. The number of benzene rings is 1. The third-order valence-electron chi connectivity index (χ3n) is 2.84. The lowest BCUT2D eigenvalue weighted by molar-refractivity contribution is 0.419. The summed E-state index contributed by atoms with van der Waals surface area (Å²) in [6, 6.07) is 5.42. The van der Waals surface area contributed by atoms with Gasteiger partial charge < -0.3 is 5.11 Å². The molecule has 0 spiro atoms. The molecule has 0 unspecified atom stereocenters. The Morgan fingerprint density at radius 2 is 2.21 bits per heavy atom. The van der Waals surface area contributed by atoms with Gasteiger partial charge in [0.1, 0.15) is 5.75 Å². The predicted octanol–water partition coefficient (Wildman–Crippen LogP) is 3.27. The lowest BCUT2D eigenvalue weighted by Gasteiger charge is -2.22. The van der Waals surface area contributed by atoms with Crippen LogP contribution in [0.3, 0.4) is 0 Å². The van der Waals surface area contributed by atoms with Crippen molar-refractivity contribution in [3.8, 4) is 5.75 Å². The van der Waals surface area contributed by atoms with Gasteiger partial charge in [-0.1, -0.05) is 6.42 Å². The summed E-state index contributed by atoms with van der Waals surface area (Å²) in [7, 11) is 0. The maximum Gasteiger partial charge on any atom is 0.117 e. The van der Waals surface area contributed by atoms with E-state index in [4.69, 9.17) is 0 Å². The first-order chi connectivity index (χ1) is 6.83. The van der Waals surface area contributed by atoms with Crippen molar-refractivity contribution < 1.29 is 5.11 Å². The van der Waals surface area contributed by atoms with E-state index in [1.54, 1.807) is 23.5 Å². The van der Waals surface area contributed by atoms with Gasteiger partial charge in [-0.2, -0.15) is 0 Å². The highest BCUT2D eigenvalue weighted by molar-refractivity contribution is 7.18. The van der Waals surface area contributed by atoms with E-state index in [-0.39, 0.29) is 0 Å². The van der Waals surface area contributed by atoms with Crippen LogP contribution in [-0.4, -0.2) is 10.1 Å². The number of thiazole rings is 1. The van der Waals surface area contributed by atoms with E-state index < -0.39 is 0 Å². The number of rotatable bonds is 1. The molecule has 1 heterocycles. The Morgan fingerprint density at radius 1 is 1.36 bits per heavy atom. The molecule has 1 aliphatic rings. The van der Waals surface area contributed by atoms with Crippen LogP contribution in [0.2, 0.25) is 0 Å². The molecule has 3 rings (SSSR count). The highest BCUT2D eigenvalue weighted by atomic mass is 32.1. The number of fused-ring (bicyclic) bond motifs is 1. The molecular weight excluding hydrogens is 194 g/mol. The summed E-state index contributed by atoms with van der Waals surface area (Å²) in [5.74, 6) is 0.998. The molecule has 1 aromatic heterocycles. The van der Waals surface area contributed by atoms with Gasteiger partial charge in [-0.15, -0.1) is 11.3 Å². The highest BCUT2D eigenvalue weighted by Gasteiger charge is 2.22. The number of phenolic OH excluding ortho intramolecular Hbond substituents is 1. The van der Waals surface area contributed by atoms with Crippen LogP contribution in [0.1, 0.15) is 30.2 Å². The Balaban J connectivity index is 2.10. The lowest BCUT2D eigenvalue weighted by atomic mass is 9.86. The van der Waals surface area contributed by atoms with E-state index in [9.17, 15) is 5.11 Å². The molecule has 0 atom stereocenters. The van der Waals surface area contributed by atoms with Crippen molar-refractivity contribution in [2.45, 2.75) is 25.2 Å². The highest BCUT2D eigenvalue weighted by Crippen LogP contribution is 2.40. The quantitative estimate of drug-likeness (QED) is 0.775. The van der Waals surface area contributed by atoms with E-state index in [0.29, 0.717) is 11.7 Å². The third-order valence-corrected chi connectivity index (χ3v) is 4.04. The molecule has 2 nitrogen and oxygen atoms in total. The van der Waals surface area contributed by atoms with Gasteiger partial charge in [-0.3, -0.25) is 0 Å². The van der Waals surface area contributed by atoms with Crippen LogP contribution in [0.25, 0.3) is 10.2 Å². The minimum absolute atomic E-state index is 0.308. The zero-order chi connectivity index (χ0) is 9.54. The number of aromatic nitrogens is 1. The topological polar surface area (TPSA) is 33.1 Å². The van der Waals surface area contributed by atoms with Crippen LogP contribution < -0.4 is 0 Å². The molecule has 1 saturated carbocycles. The van der Waals surface area contributed by atoms with Gasteiger partial charge in [0, 0.05) is 12.0 Å². The summed E-state index contributed by atoms with van der Waals surface area (Å²) in [6.45, 7) is 0. The monoisotopic (exact) mass is 205 g/mol. The molecule has 72 valence electrons. The van der Waals surface area contributed by atoms with Gasteiger partial charge >= 0.3 is 0 Å². The van der Waals surface area contributed by atoms with Gasteiger partial charge in [0.05, 0.1) is 15.2 Å². The zero-order valence-electron chi connectivity index (χ0n) is 7.73. The largest absolute Gasteiger partial charge is 0.508 e. The fourth-order valence-electron chi connectivity index (χ4n) is 1.76. The Hall–Kier alpha value is -1.09. The summed E-state index contributed by atoms with van der Waals surface area (Å²) < 4.78 is 1.18. The van der Waals surface area contributed by atoms with Gasteiger partial charge in [-0.05, 0) is 25.0 Å². The van der Waals surface area contributed by atoms with Crippen molar-refractivity contribution in [2.75, 3.05) is 0 Å². The smallest absolute Gasteiger partial charge is 0.117 e. The van der Waals surface area contributed by atoms with Crippen LogP contribution in [-0.2, 0) is 0 Å². The van der Waals surface area contributed by atoms with E-state index in [1.165, 1.54) is 29.0 Å². The van der Waals surface area contributed by atoms with Crippen molar-refractivity contribution >= 4 is 21.6 Å². The summed E-state index contributed by atoms with van der Waals surface area (Å²) in [5.41, 5.74) is 0.942. The van der Waals surface area contributed by atoms with Gasteiger partial charge in [0.15, 0.2) is 0 Å². The molecule has 1 aliphatic carbocycles. The van der Waals surface area contributed by atoms with Crippen LogP contribution in [0.4, 0.5) is 0 Å². The summed E-state index contributed by atoms with van der Waals surface area (Å²) in [6.07, 6.45) is 3.91. The minimum atomic E-state index is 0.308. The Kier molecular flexibility index (Phi) is 1.74. The zero-order valence-corrected chi connectivity index (χ0v) is 8.55. The lowest BCUT2D eigenvalue weighted by Crippen LogP contribution is -2.07. The maximum absolute atomic E-state index is 9.31. The Labute approximate surface area is 86.2 Å². The molecule has 3 heteroatoms. The minimum Gasteiger partial charge on any atom is -0.508 e. The molecule has 14 heavy (non-hydrogen) atoms. The molecule has 1 aromatic carbocycles. The Morgan fingerprint density at radius 3 is 2.93 bits per heavy atom. The number of hydrogen-bond donors (Lipinski definition) is 1. The molecule has 1 fully saturated rings. The van der Waals surface area contributed by atoms with Crippen LogP contribution in [0.15, 0.2) is 18.2 Å². The van der Waals surface area contributed by atoms with Crippen LogP contribution in [0.5, 0.6) is 5.75 Å². The summed E-state index contributed by atoms with van der Waals surface area (Å²) in [4.78, 5) is 4.55. The van der Waals surface area contributed by atoms with E-state index in [1.807, 2.05) is 6.07 Å². The summed E-state index contributed by atoms with van der Waals surface area (Å²) >= 11 is 1.77. The van der Waals surface area contributed by atoms with Crippen molar-refractivity contribution in [1.29, 1.82) is 0 Å². The van der Waals surface area contributed by atoms with E-state index >= 15 is 0 Å². The van der Waals surface area contributed by atoms with Gasteiger partial charge in [0.2, 0.25) is 0 Å². The van der Waals surface area contributed by atoms with E-state index in [0.717, 1.165) is 5.52 Å². The van der Waals surface area contributed by atoms with Crippen molar-refractivity contribution in [3.63, 3.8) is 0 Å². The molecule has 0 aliphatic heterocycles. The molecule has 0 radical (unpaired) electrons. The molecule has 0 amide bonds. The Bertz CT molecular complexity index is 473. The maximum atomic E-state index is 9.31. The second-order valence-corrected chi connectivity index (χ2v) is 4.89. The molecule has 0 bridgehead atoms. The van der Waals surface area contributed by atoms with Crippen molar-refractivity contribution in [2.24, 2.45) is 0 Å². The van der Waals surface area contributed by atoms with Gasteiger partial charge in [0.25, 0.3) is 0 Å². The van der Waals surface area contributed by atoms with Crippen LogP contribution >= 0.6 is 11.3 Å². The average molecular weight is 205 g/mol. The normalized spacial score (nSPS) is 17.1.